The molecule has 0 saturated carbocycles. The van der Waals surface area contributed by atoms with E-state index in [2.05, 4.69) is 0 Å². The van der Waals surface area contributed by atoms with Crippen LogP contribution in [-0.4, -0.2) is 44.5 Å². The summed E-state index contributed by atoms with van der Waals surface area (Å²) >= 11 is 0. The SMILES string of the molecule is CN(C1CCS(=O)(=O)C1)C(CN)c1cc(F)ccc1F. The summed E-state index contributed by atoms with van der Waals surface area (Å²) in [6.07, 6.45) is 0.492. The summed E-state index contributed by atoms with van der Waals surface area (Å²) in [6, 6.07) is 2.48. The summed E-state index contributed by atoms with van der Waals surface area (Å²) in [7, 11) is -1.33. The third-order valence-electron chi connectivity index (χ3n) is 3.82. The van der Waals surface area contributed by atoms with Crippen LogP contribution < -0.4 is 5.73 Å². The maximum absolute atomic E-state index is 13.8. The highest BCUT2D eigenvalue weighted by molar-refractivity contribution is 7.91. The highest BCUT2D eigenvalue weighted by Crippen LogP contribution is 2.27. The molecule has 0 spiro atoms. The van der Waals surface area contributed by atoms with Crippen LogP contribution in [-0.2, 0) is 9.84 Å². The standard InChI is InChI=1S/C13H18F2N2O2S/c1-17(10-4-5-20(18,19)8-10)13(7-16)11-6-9(14)2-3-12(11)15/h2-3,6,10,13H,4-5,7-8,16H2,1H3. The van der Waals surface area contributed by atoms with Crippen molar-refractivity contribution in [1.82, 2.24) is 4.90 Å². The average Bonchev–Trinajstić information content (AvgIpc) is 2.75. The predicted molar refractivity (Wildman–Crippen MR) is 73.0 cm³/mol. The lowest BCUT2D eigenvalue weighted by Gasteiger charge is -2.32. The molecule has 1 aliphatic heterocycles. The summed E-state index contributed by atoms with van der Waals surface area (Å²) in [5.74, 6) is -0.899. The van der Waals surface area contributed by atoms with Gasteiger partial charge in [-0.05, 0) is 31.7 Å². The molecule has 0 bridgehead atoms. The van der Waals surface area contributed by atoms with Crippen molar-refractivity contribution in [3.05, 3.63) is 35.4 Å². The Bertz CT molecular complexity index is 592. The first-order chi connectivity index (χ1) is 9.34. The molecular formula is C13H18F2N2O2S. The number of rotatable bonds is 4. The minimum Gasteiger partial charge on any atom is -0.329 e. The number of hydrogen-bond donors (Lipinski definition) is 1. The Kier molecular flexibility index (Phi) is 4.41. The minimum atomic E-state index is -3.03. The molecule has 0 radical (unpaired) electrons. The molecule has 112 valence electrons. The van der Waals surface area contributed by atoms with Crippen molar-refractivity contribution in [2.75, 3.05) is 25.1 Å². The van der Waals surface area contributed by atoms with Crippen LogP contribution in [0, 0.1) is 11.6 Å². The number of benzene rings is 1. The summed E-state index contributed by atoms with van der Waals surface area (Å²) in [6.45, 7) is 0.0907. The zero-order chi connectivity index (χ0) is 14.9. The van der Waals surface area contributed by atoms with Gasteiger partial charge in [0, 0.05) is 18.2 Å². The Balaban J connectivity index is 2.26. The van der Waals surface area contributed by atoms with Crippen molar-refractivity contribution in [1.29, 1.82) is 0 Å². The van der Waals surface area contributed by atoms with Crippen molar-refractivity contribution in [2.24, 2.45) is 5.73 Å². The van der Waals surface area contributed by atoms with Crippen molar-refractivity contribution in [3.8, 4) is 0 Å². The van der Waals surface area contributed by atoms with Gasteiger partial charge in [0.25, 0.3) is 0 Å². The summed E-state index contributed by atoms with van der Waals surface area (Å²) in [4.78, 5) is 1.74. The van der Waals surface area contributed by atoms with E-state index in [4.69, 9.17) is 5.73 Å². The molecule has 1 heterocycles. The largest absolute Gasteiger partial charge is 0.329 e. The molecule has 7 heteroatoms. The second-order valence-electron chi connectivity index (χ2n) is 5.14. The zero-order valence-electron chi connectivity index (χ0n) is 11.2. The highest BCUT2D eigenvalue weighted by atomic mass is 32.2. The molecule has 1 aromatic rings. The van der Waals surface area contributed by atoms with Crippen molar-refractivity contribution in [2.45, 2.75) is 18.5 Å². The highest BCUT2D eigenvalue weighted by Gasteiger charge is 2.34. The first-order valence-corrected chi connectivity index (χ1v) is 8.23. The molecule has 4 nitrogen and oxygen atoms in total. The molecule has 2 atom stereocenters. The van der Waals surface area contributed by atoms with Gasteiger partial charge in [0.05, 0.1) is 17.5 Å². The maximum Gasteiger partial charge on any atom is 0.151 e. The van der Waals surface area contributed by atoms with E-state index < -0.39 is 27.5 Å². The number of nitrogens with two attached hydrogens (primary N) is 1. The molecule has 1 aliphatic rings. The van der Waals surface area contributed by atoms with E-state index in [0.717, 1.165) is 18.2 Å². The van der Waals surface area contributed by atoms with Crippen LogP contribution in [0.2, 0.25) is 0 Å². The second kappa shape index (κ2) is 5.75. The first-order valence-electron chi connectivity index (χ1n) is 6.41. The van der Waals surface area contributed by atoms with E-state index in [-0.39, 0.29) is 29.7 Å². The van der Waals surface area contributed by atoms with Gasteiger partial charge in [-0.3, -0.25) is 4.90 Å². The quantitative estimate of drug-likeness (QED) is 0.904. The topological polar surface area (TPSA) is 63.4 Å². The summed E-state index contributed by atoms with van der Waals surface area (Å²) in [5.41, 5.74) is 5.85. The van der Waals surface area contributed by atoms with Gasteiger partial charge in [-0.2, -0.15) is 0 Å². The zero-order valence-corrected chi connectivity index (χ0v) is 12.0. The van der Waals surface area contributed by atoms with Gasteiger partial charge in [0.15, 0.2) is 9.84 Å². The molecule has 2 rings (SSSR count). The van der Waals surface area contributed by atoms with Gasteiger partial charge in [0.2, 0.25) is 0 Å². The Hall–Kier alpha value is -1.05. The van der Waals surface area contributed by atoms with Crippen molar-refractivity contribution >= 4 is 9.84 Å². The number of halogens is 2. The van der Waals surface area contributed by atoms with E-state index in [9.17, 15) is 17.2 Å². The Labute approximate surface area is 117 Å². The van der Waals surface area contributed by atoms with Crippen molar-refractivity contribution < 1.29 is 17.2 Å². The van der Waals surface area contributed by atoms with Gasteiger partial charge in [-0.1, -0.05) is 0 Å². The van der Waals surface area contributed by atoms with Crippen LogP contribution in [0.25, 0.3) is 0 Å². The van der Waals surface area contributed by atoms with Gasteiger partial charge >= 0.3 is 0 Å². The third-order valence-corrected chi connectivity index (χ3v) is 5.57. The van der Waals surface area contributed by atoms with Crippen LogP contribution in [0.3, 0.4) is 0 Å². The van der Waals surface area contributed by atoms with E-state index >= 15 is 0 Å². The molecule has 0 aliphatic carbocycles. The molecule has 1 saturated heterocycles. The Morgan fingerprint density at radius 1 is 1.45 bits per heavy atom. The molecule has 1 fully saturated rings. The number of likely N-dealkylation sites (N-methyl/N-ethyl adjacent to an activating group) is 1. The lowest BCUT2D eigenvalue weighted by atomic mass is 10.0. The van der Waals surface area contributed by atoms with Crippen LogP contribution in [0.15, 0.2) is 18.2 Å². The predicted octanol–water partition coefficient (Wildman–Crippen LogP) is 1.08. The van der Waals surface area contributed by atoms with Crippen LogP contribution in [0.1, 0.15) is 18.0 Å². The van der Waals surface area contributed by atoms with Crippen LogP contribution in [0.5, 0.6) is 0 Å². The molecule has 20 heavy (non-hydrogen) atoms. The lowest BCUT2D eigenvalue weighted by molar-refractivity contribution is 0.188. The molecule has 2 N–H and O–H groups in total. The second-order valence-corrected chi connectivity index (χ2v) is 7.37. The lowest BCUT2D eigenvalue weighted by Crippen LogP contribution is -2.39. The molecule has 0 amide bonds. The van der Waals surface area contributed by atoms with Gasteiger partial charge < -0.3 is 5.73 Å². The fraction of sp³-hybridized carbons (Fsp3) is 0.538. The maximum atomic E-state index is 13.8. The van der Waals surface area contributed by atoms with Gasteiger partial charge in [0.1, 0.15) is 11.6 Å². The van der Waals surface area contributed by atoms with E-state index in [0.29, 0.717) is 6.42 Å². The monoisotopic (exact) mass is 304 g/mol. The van der Waals surface area contributed by atoms with E-state index in [1.165, 1.54) is 0 Å². The summed E-state index contributed by atoms with van der Waals surface area (Å²) in [5, 5.41) is 0. The van der Waals surface area contributed by atoms with E-state index in [1.54, 1.807) is 11.9 Å². The summed E-state index contributed by atoms with van der Waals surface area (Å²) < 4.78 is 50.2. The van der Waals surface area contributed by atoms with Crippen LogP contribution >= 0.6 is 0 Å². The fourth-order valence-corrected chi connectivity index (χ4v) is 4.42. The Morgan fingerprint density at radius 3 is 2.70 bits per heavy atom. The van der Waals surface area contributed by atoms with E-state index in [1.807, 2.05) is 0 Å². The van der Waals surface area contributed by atoms with Crippen molar-refractivity contribution in [3.63, 3.8) is 0 Å². The van der Waals surface area contributed by atoms with Gasteiger partial charge in [-0.15, -0.1) is 0 Å². The van der Waals surface area contributed by atoms with Crippen LogP contribution in [0.4, 0.5) is 8.78 Å². The molecule has 0 aromatic heterocycles. The average molecular weight is 304 g/mol. The normalized spacial score (nSPS) is 23.1. The smallest absolute Gasteiger partial charge is 0.151 e. The number of hydrogen-bond acceptors (Lipinski definition) is 4. The fourth-order valence-electron chi connectivity index (χ4n) is 2.63. The third kappa shape index (κ3) is 3.16. The number of nitrogens with zero attached hydrogens (tertiary/aromatic N) is 1. The molecule has 1 aromatic carbocycles. The number of sulfone groups is 1. The molecule has 2 unspecified atom stereocenters. The minimum absolute atomic E-state index is 0.0386. The first kappa shape index (κ1) is 15.3. The van der Waals surface area contributed by atoms with Gasteiger partial charge in [-0.25, -0.2) is 17.2 Å². The Morgan fingerprint density at radius 2 is 2.15 bits per heavy atom. The molecular weight excluding hydrogens is 286 g/mol.